The number of fused-ring (bicyclic) bond motifs is 1. The number of carbonyl (C=O) groups excluding carboxylic acids is 1. The Bertz CT molecular complexity index is 1050. The van der Waals surface area contributed by atoms with E-state index in [1.807, 2.05) is 80.5 Å². The Balaban J connectivity index is 1.81. The second kappa shape index (κ2) is 6.84. The number of nitrogens with one attached hydrogen (secondary N) is 1. The Labute approximate surface area is 163 Å². The highest BCUT2D eigenvalue weighted by Crippen LogP contribution is 2.36. The third-order valence-corrected chi connectivity index (χ3v) is 4.88. The molecule has 7 heteroatoms. The smallest absolute Gasteiger partial charge is 0.248 e. The lowest BCUT2D eigenvalue weighted by molar-refractivity contribution is -0.115. The van der Waals surface area contributed by atoms with Crippen molar-refractivity contribution in [3.05, 3.63) is 71.4 Å². The second-order valence-electron chi connectivity index (χ2n) is 6.99. The summed E-state index contributed by atoms with van der Waals surface area (Å²) in [6.45, 7) is 1.83. The fourth-order valence-electron chi connectivity index (χ4n) is 3.44. The quantitative estimate of drug-likeness (QED) is 0.733. The van der Waals surface area contributed by atoms with Gasteiger partial charge in [0, 0.05) is 31.0 Å². The third kappa shape index (κ3) is 3.00. The zero-order valence-electron chi connectivity index (χ0n) is 16.0. The van der Waals surface area contributed by atoms with Crippen LogP contribution in [0.1, 0.15) is 18.5 Å². The van der Waals surface area contributed by atoms with Gasteiger partial charge in [-0.2, -0.15) is 4.98 Å². The van der Waals surface area contributed by atoms with Gasteiger partial charge in [-0.15, -0.1) is 5.10 Å². The van der Waals surface area contributed by atoms with Gasteiger partial charge in [0.2, 0.25) is 11.9 Å². The Hall–Kier alpha value is -3.61. The Kier molecular flexibility index (Phi) is 4.35. The molecule has 142 valence electrons. The van der Waals surface area contributed by atoms with E-state index in [4.69, 9.17) is 10.8 Å². The van der Waals surface area contributed by atoms with E-state index < -0.39 is 11.9 Å². The maximum Gasteiger partial charge on any atom is 0.248 e. The van der Waals surface area contributed by atoms with Gasteiger partial charge >= 0.3 is 0 Å². The van der Waals surface area contributed by atoms with Crippen LogP contribution in [-0.4, -0.2) is 34.8 Å². The molecule has 0 aliphatic carbocycles. The number of hydrogen-bond acceptors (Lipinski definition) is 5. The van der Waals surface area contributed by atoms with Crippen LogP contribution < -0.4 is 16.0 Å². The van der Waals surface area contributed by atoms with Crippen LogP contribution in [0.3, 0.4) is 0 Å². The highest BCUT2D eigenvalue weighted by molar-refractivity contribution is 5.95. The monoisotopic (exact) mass is 374 g/mol. The number of nitrogens with two attached hydrogens (primary N) is 1. The standard InChI is InChI=1S/C21H22N6O/c1-13-17(19(22)28)18(14-7-5-4-6-8-14)27-21(23-13)24-20(25-27)15-9-11-16(12-10-15)26(2)3/h4-12,18H,1-3H3,(H2,22,28)(H,23,24,25). The Morgan fingerprint density at radius 3 is 2.39 bits per heavy atom. The number of amides is 1. The molecule has 7 nitrogen and oxygen atoms in total. The van der Waals surface area contributed by atoms with E-state index in [9.17, 15) is 4.79 Å². The number of nitrogens with zero attached hydrogens (tertiary/aromatic N) is 4. The van der Waals surface area contributed by atoms with Gasteiger partial charge in [0.15, 0.2) is 5.82 Å². The molecular weight excluding hydrogens is 352 g/mol. The minimum Gasteiger partial charge on any atom is -0.378 e. The minimum atomic E-state index is -0.475. The molecule has 2 aromatic carbocycles. The predicted octanol–water partition coefficient (Wildman–Crippen LogP) is 2.79. The van der Waals surface area contributed by atoms with E-state index in [2.05, 4.69) is 10.3 Å². The minimum absolute atomic E-state index is 0.419. The molecule has 1 aliphatic rings. The lowest BCUT2D eigenvalue weighted by Crippen LogP contribution is -2.31. The van der Waals surface area contributed by atoms with E-state index >= 15 is 0 Å². The predicted molar refractivity (Wildman–Crippen MR) is 110 cm³/mol. The van der Waals surface area contributed by atoms with E-state index in [0.29, 0.717) is 23.0 Å². The summed E-state index contributed by atoms with van der Waals surface area (Å²) in [7, 11) is 3.99. The summed E-state index contributed by atoms with van der Waals surface area (Å²) >= 11 is 0. The molecular formula is C21H22N6O. The van der Waals surface area contributed by atoms with Crippen LogP contribution in [0.5, 0.6) is 0 Å². The van der Waals surface area contributed by atoms with Gasteiger partial charge in [0.05, 0.1) is 5.57 Å². The summed E-state index contributed by atoms with van der Waals surface area (Å²) in [5.74, 6) is 0.701. The molecule has 0 bridgehead atoms. The van der Waals surface area contributed by atoms with Gasteiger partial charge in [-0.1, -0.05) is 30.3 Å². The zero-order chi connectivity index (χ0) is 19.8. The van der Waals surface area contributed by atoms with Crippen LogP contribution in [-0.2, 0) is 4.79 Å². The maximum absolute atomic E-state index is 12.2. The van der Waals surface area contributed by atoms with Crippen molar-refractivity contribution in [1.82, 2.24) is 14.8 Å². The molecule has 0 saturated heterocycles. The van der Waals surface area contributed by atoms with E-state index in [1.165, 1.54) is 0 Å². The molecule has 2 heterocycles. The highest BCUT2D eigenvalue weighted by Gasteiger charge is 2.33. The molecule has 3 N–H and O–H groups in total. The summed E-state index contributed by atoms with van der Waals surface area (Å²) in [5, 5.41) is 7.88. The lowest BCUT2D eigenvalue weighted by atomic mass is 9.95. The number of anilines is 2. The molecule has 0 spiro atoms. The molecule has 28 heavy (non-hydrogen) atoms. The van der Waals surface area contributed by atoms with Gasteiger partial charge in [0.25, 0.3) is 0 Å². The van der Waals surface area contributed by atoms with Crippen LogP contribution in [0.15, 0.2) is 65.9 Å². The maximum atomic E-state index is 12.2. The number of allylic oxidation sites excluding steroid dienone is 1. The second-order valence-corrected chi connectivity index (χ2v) is 6.99. The number of aromatic nitrogens is 3. The highest BCUT2D eigenvalue weighted by atomic mass is 16.1. The third-order valence-electron chi connectivity index (χ3n) is 4.88. The molecule has 1 aromatic heterocycles. The largest absolute Gasteiger partial charge is 0.378 e. The number of carbonyl (C=O) groups is 1. The van der Waals surface area contributed by atoms with Gasteiger partial charge in [0.1, 0.15) is 6.04 Å². The lowest BCUT2D eigenvalue weighted by Gasteiger charge is -2.27. The van der Waals surface area contributed by atoms with Crippen LogP contribution in [0.25, 0.3) is 11.4 Å². The number of benzene rings is 2. The Morgan fingerprint density at radius 2 is 1.79 bits per heavy atom. The molecule has 3 aromatic rings. The Morgan fingerprint density at radius 1 is 1.11 bits per heavy atom. The topological polar surface area (TPSA) is 89.1 Å². The molecule has 0 saturated carbocycles. The van der Waals surface area contributed by atoms with Crippen molar-refractivity contribution in [2.24, 2.45) is 5.73 Å². The molecule has 1 aliphatic heterocycles. The summed E-state index contributed by atoms with van der Waals surface area (Å²) in [6.07, 6.45) is 0. The summed E-state index contributed by atoms with van der Waals surface area (Å²) in [6, 6.07) is 17.3. The average Bonchev–Trinajstić information content (AvgIpc) is 3.11. The first-order valence-corrected chi connectivity index (χ1v) is 9.02. The van der Waals surface area contributed by atoms with Gasteiger partial charge < -0.3 is 16.0 Å². The van der Waals surface area contributed by atoms with Crippen LogP contribution >= 0.6 is 0 Å². The SMILES string of the molecule is CC1=C(C(N)=O)C(c2ccccc2)n2nc(-c3ccc(N(C)C)cc3)nc2N1. The first-order chi connectivity index (χ1) is 13.5. The van der Waals surface area contributed by atoms with Crippen LogP contribution in [0, 0.1) is 0 Å². The van der Waals surface area contributed by atoms with Crippen molar-refractivity contribution in [3.63, 3.8) is 0 Å². The molecule has 1 unspecified atom stereocenters. The molecule has 0 radical (unpaired) electrons. The summed E-state index contributed by atoms with van der Waals surface area (Å²) in [5.41, 5.74) is 9.81. The summed E-state index contributed by atoms with van der Waals surface area (Å²) in [4.78, 5) is 18.9. The number of rotatable bonds is 4. The molecule has 0 fully saturated rings. The summed E-state index contributed by atoms with van der Waals surface area (Å²) < 4.78 is 1.73. The van der Waals surface area contributed by atoms with Gasteiger partial charge in [-0.25, -0.2) is 4.68 Å². The molecule has 4 rings (SSSR count). The van der Waals surface area contributed by atoms with E-state index in [0.717, 1.165) is 16.8 Å². The van der Waals surface area contributed by atoms with Crippen molar-refractivity contribution in [2.75, 3.05) is 24.3 Å². The van der Waals surface area contributed by atoms with Crippen LogP contribution in [0.4, 0.5) is 11.6 Å². The zero-order valence-corrected chi connectivity index (χ0v) is 16.0. The van der Waals surface area contributed by atoms with Crippen molar-refractivity contribution in [3.8, 4) is 11.4 Å². The first-order valence-electron chi connectivity index (χ1n) is 9.02. The fraction of sp³-hybridized carbons (Fsp3) is 0.190. The van der Waals surface area contributed by atoms with E-state index in [1.54, 1.807) is 4.68 Å². The molecule has 1 amide bonds. The average molecular weight is 374 g/mol. The van der Waals surface area contributed by atoms with Crippen molar-refractivity contribution in [1.29, 1.82) is 0 Å². The van der Waals surface area contributed by atoms with E-state index in [-0.39, 0.29) is 0 Å². The van der Waals surface area contributed by atoms with Crippen molar-refractivity contribution >= 4 is 17.5 Å². The number of hydrogen-bond donors (Lipinski definition) is 2. The van der Waals surface area contributed by atoms with Gasteiger partial charge in [-0.3, -0.25) is 4.79 Å². The number of primary amides is 1. The first kappa shape index (κ1) is 17.8. The molecule has 1 atom stereocenters. The van der Waals surface area contributed by atoms with Crippen molar-refractivity contribution in [2.45, 2.75) is 13.0 Å². The van der Waals surface area contributed by atoms with Crippen molar-refractivity contribution < 1.29 is 4.79 Å². The fourth-order valence-corrected chi connectivity index (χ4v) is 3.44. The van der Waals surface area contributed by atoms with Crippen LogP contribution in [0.2, 0.25) is 0 Å². The van der Waals surface area contributed by atoms with Gasteiger partial charge in [-0.05, 0) is 36.8 Å². The normalized spacial score (nSPS) is 15.8.